The van der Waals surface area contributed by atoms with Crippen LogP contribution in [0.4, 0.5) is 15.9 Å². The van der Waals surface area contributed by atoms with Crippen LogP contribution in [0, 0.1) is 17.7 Å². The molecule has 162 valence electrons. The number of halogens is 1. The number of aromatic nitrogens is 4. The van der Waals surface area contributed by atoms with Crippen molar-refractivity contribution in [1.29, 1.82) is 0 Å². The number of rotatable bonds is 5. The second-order valence-corrected chi connectivity index (χ2v) is 8.41. The smallest absolute Gasteiger partial charge is 0.223 e. The highest BCUT2D eigenvalue weighted by Gasteiger charge is 2.28. The van der Waals surface area contributed by atoms with Crippen molar-refractivity contribution in [2.45, 2.75) is 19.3 Å². The summed E-state index contributed by atoms with van der Waals surface area (Å²) in [5.74, 6) is 1.30. The first-order valence-corrected chi connectivity index (χ1v) is 10.9. The number of piperidine rings is 1. The maximum absolute atomic E-state index is 13.1. The lowest BCUT2D eigenvalue weighted by Crippen LogP contribution is -2.42. The summed E-state index contributed by atoms with van der Waals surface area (Å²) >= 11 is 0. The molecule has 0 saturated carbocycles. The zero-order valence-electron chi connectivity index (χ0n) is 17.3. The molecule has 2 saturated heterocycles. The van der Waals surface area contributed by atoms with E-state index in [1.165, 1.54) is 12.1 Å². The Kier molecular flexibility index (Phi) is 5.40. The van der Waals surface area contributed by atoms with Gasteiger partial charge in [-0.15, -0.1) is 15.3 Å². The molecular weight excluding hydrogens is 397 g/mol. The molecule has 8 nitrogen and oxygen atoms in total. The number of hydrogen-bond donors (Lipinski definition) is 1. The van der Waals surface area contributed by atoms with E-state index in [2.05, 4.69) is 30.4 Å². The van der Waals surface area contributed by atoms with Crippen LogP contribution in [0.25, 0.3) is 5.65 Å². The second-order valence-electron chi connectivity index (χ2n) is 8.41. The minimum atomic E-state index is -0.215. The molecule has 1 amide bonds. The van der Waals surface area contributed by atoms with E-state index in [1.807, 2.05) is 24.3 Å². The highest BCUT2D eigenvalue weighted by molar-refractivity contribution is 5.79. The van der Waals surface area contributed by atoms with Crippen molar-refractivity contribution in [3.63, 3.8) is 0 Å². The van der Waals surface area contributed by atoms with Crippen LogP contribution in [0.3, 0.4) is 0 Å². The van der Waals surface area contributed by atoms with Crippen LogP contribution in [0.2, 0.25) is 0 Å². The molecule has 5 rings (SSSR count). The molecule has 2 aromatic heterocycles. The Morgan fingerprint density at radius 3 is 2.61 bits per heavy atom. The van der Waals surface area contributed by atoms with Gasteiger partial charge in [0.05, 0.1) is 0 Å². The molecule has 2 aliphatic heterocycles. The van der Waals surface area contributed by atoms with Crippen LogP contribution in [0.1, 0.15) is 19.3 Å². The summed E-state index contributed by atoms with van der Waals surface area (Å²) < 4.78 is 14.8. The second kappa shape index (κ2) is 8.49. The van der Waals surface area contributed by atoms with Gasteiger partial charge in [0.25, 0.3) is 0 Å². The normalized spacial score (nSPS) is 19.8. The van der Waals surface area contributed by atoms with E-state index in [9.17, 15) is 9.18 Å². The third-order valence-corrected chi connectivity index (χ3v) is 6.38. The van der Waals surface area contributed by atoms with Gasteiger partial charge in [0.1, 0.15) is 18.0 Å². The third kappa shape index (κ3) is 4.30. The van der Waals surface area contributed by atoms with E-state index in [-0.39, 0.29) is 17.6 Å². The molecule has 0 radical (unpaired) electrons. The Morgan fingerprint density at radius 2 is 1.81 bits per heavy atom. The van der Waals surface area contributed by atoms with Crippen LogP contribution in [0.5, 0.6) is 0 Å². The van der Waals surface area contributed by atoms with Crippen molar-refractivity contribution in [3.8, 4) is 0 Å². The molecular formula is C22H26FN7O. The first-order chi connectivity index (χ1) is 15.2. The predicted octanol–water partition coefficient (Wildman–Crippen LogP) is 2.12. The summed E-state index contributed by atoms with van der Waals surface area (Å²) in [6.07, 6.45) is 4.27. The number of nitrogens with zero attached hydrogens (tertiary/aromatic N) is 6. The lowest BCUT2D eigenvalue weighted by atomic mass is 9.95. The molecule has 1 aromatic carbocycles. The maximum Gasteiger partial charge on any atom is 0.223 e. The minimum absolute atomic E-state index is 0.0458. The summed E-state index contributed by atoms with van der Waals surface area (Å²) in [6.45, 7) is 4.14. The summed E-state index contributed by atoms with van der Waals surface area (Å²) in [6, 6.07) is 10.5. The van der Waals surface area contributed by atoms with E-state index < -0.39 is 0 Å². The molecule has 31 heavy (non-hydrogen) atoms. The monoisotopic (exact) mass is 423 g/mol. The number of benzene rings is 1. The van der Waals surface area contributed by atoms with Crippen molar-refractivity contribution in [2.24, 2.45) is 11.8 Å². The molecule has 0 spiro atoms. The molecule has 1 unspecified atom stereocenters. The number of nitrogens with one attached hydrogen (secondary N) is 1. The van der Waals surface area contributed by atoms with E-state index in [4.69, 9.17) is 0 Å². The zero-order valence-corrected chi connectivity index (χ0v) is 17.3. The Labute approximate surface area is 180 Å². The van der Waals surface area contributed by atoms with Gasteiger partial charge >= 0.3 is 0 Å². The van der Waals surface area contributed by atoms with Crippen molar-refractivity contribution >= 4 is 23.1 Å². The molecule has 0 bridgehead atoms. The first kappa shape index (κ1) is 19.7. The zero-order chi connectivity index (χ0) is 21.2. The molecule has 1 N–H and O–H groups in total. The van der Waals surface area contributed by atoms with Crippen molar-refractivity contribution in [2.75, 3.05) is 42.5 Å². The average Bonchev–Trinajstić information content (AvgIpc) is 3.47. The Morgan fingerprint density at radius 1 is 1.03 bits per heavy atom. The SMILES string of the molecule is O=C(NCC1CCN(c2ccc(F)cc2)C1)C1CCN(c2ccc3nncn3n2)CC1. The molecule has 0 aliphatic carbocycles. The molecule has 2 fully saturated rings. The lowest BCUT2D eigenvalue weighted by Gasteiger charge is -2.32. The lowest BCUT2D eigenvalue weighted by molar-refractivity contribution is -0.125. The van der Waals surface area contributed by atoms with Gasteiger partial charge in [-0.05, 0) is 61.6 Å². The highest BCUT2D eigenvalue weighted by Crippen LogP contribution is 2.25. The fraction of sp³-hybridized carbons (Fsp3) is 0.455. The van der Waals surface area contributed by atoms with E-state index in [0.29, 0.717) is 12.5 Å². The average molecular weight is 423 g/mol. The van der Waals surface area contributed by atoms with Gasteiger partial charge in [0, 0.05) is 44.3 Å². The Bertz CT molecular complexity index is 1050. The van der Waals surface area contributed by atoms with E-state index in [1.54, 1.807) is 10.8 Å². The Hall–Kier alpha value is -3.23. The molecule has 4 heterocycles. The van der Waals surface area contributed by atoms with Gasteiger partial charge in [0.2, 0.25) is 5.91 Å². The molecule has 1 atom stereocenters. The summed E-state index contributed by atoms with van der Waals surface area (Å²) in [5, 5.41) is 15.6. The largest absolute Gasteiger partial charge is 0.371 e. The number of hydrogen-bond acceptors (Lipinski definition) is 6. The van der Waals surface area contributed by atoms with Crippen molar-refractivity contribution < 1.29 is 9.18 Å². The van der Waals surface area contributed by atoms with Crippen LogP contribution in [0.15, 0.2) is 42.7 Å². The van der Waals surface area contributed by atoms with Gasteiger partial charge in [-0.3, -0.25) is 4.79 Å². The molecule has 2 aliphatic rings. The van der Waals surface area contributed by atoms with Crippen LogP contribution < -0.4 is 15.1 Å². The van der Waals surface area contributed by atoms with Gasteiger partial charge in [-0.2, -0.15) is 4.52 Å². The number of amides is 1. The van der Waals surface area contributed by atoms with Crippen molar-refractivity contribution in [1.82, 2.24) is 25.1 Å². The van der Waals surface area contributed by atoms with Crippen LogP contribution in [-0.4, -0.2) is 58.4 Å². The quantitative estimate of drug-likeness (QED) is 0.677. The fourth-order valence-corrected chi connectivity index (χ4v) is 4.53. The third-order valence-electron chi connectivity index (χ3n) is 6.38. The van der Waals surface area contributed by atoms with Gasteiger partial charge in [-0.1, -0.05) is 0 Å². The standard InChI is InChI=1S/C22H26FN7O/c23-18-1-3-19(4-2-18)29-10-7-16(14-29)13-24-22(31)17-8-11-28(12-9-17)21-6-5-20-26-25-15-30(20)27-21/h1-6,15-17H,7-14H2,(H,24,31). The van der Waals surface area contributed by atoms with Gasteiger partial charge in [-0.25, -0.2) is 4.39 Å². The summed E-state index contributed by atoms with van der Waals surface area (Å²) in [4.78, 5) is 17.2. The highest BCUT2D eigenvalue weighted by atomic mass is 19.1. The van der Waals surface area contributed by atoms with Crippen LogP contribution >= 0.6 is 0 Å². The van der Waals surface area contributed by atoms with E-state index >= 15 is 0 Å². The fourth-order valence-electron chi connectivity index (χ4n) is 4.53. The number of carbonyl (C=O) groups is 1. The maximum atomic E-state index is 13.1. The number of carbonyl (C=O) groups excluding carboxylic acids is 1. The topological polar surface area (TPSA) is 78.7 Å². The van der Waals surface area contributed by atoms with Crippen molar-refractivity contribution in [3.05, 3.63) is 48.5 Å². The minimum Gasteiger partial charge on any atom is -0.371 e. The molecule has 9 heteroatoms. The first-order valence-electron chi connectivity index (χ1n) is 10.9. The molecule has 3 aromatic rings. The summed E-state index contributed by atoms with van der Waals surface area (Å²) in [5.41, 5.74) is 1.77. The predicted molar refractivity (Wildman–Crippen MR) is 115 cm³/mol. The summed E-state index contributed by atoms with van der Waals surface area (Å²) in [7, 11) is 0. The van der Waals surface area contributed by atoms with Gasteiger partial charge in [0.15, 0.2) is 5.65 Å². The van der Waals surface area contributed by atoms with E-state index in [0.717, 1.165) is 62.6 Å². The van der Waals surface area contributed by atoms with Gasteiger partial charge < -0.3 is 15.1 Å². The number of anilines is 2. The number of fused-ring (bicyclic) bond motifs is 1. The Balaban J connectivity index is 1.08. The van der Waals surface area contributed by atoms with Crippen LogP contribution in [-0.2, 0) is 4.79 Å².